The van der Waals surface area contributed by atoms with Gasteiger partial charge in [0.05, 0.1) is 0 Å². The zero-order valence-corrected chi connectivity index (χ0v) is 8.02. The van der Waals surface area contributed by atoms with Gasteiger partial charge in [-0.05, 0) is 17.7 Å². The molecule has 1 aromatic carbocycles. The van der Waals surface area contributed by atoms with Crippen LogP contribution in [-0.2, 0) is 6.42 Å². The van der Waals surface area contributed by atoms with Gasteiger partial charge in [0.1, 0.15) is 0 Å². The Kier molecular flexibility index (Phi) is 4.62. The summed E-state index contributed by atoms with van der Waals surface area (Å²) < 4.78 is 0. The summed E-state index contributed by atoms with van der Waals surface area (Å²) in [5.74, 6) is 2.25. The quantitative estimate of drug-likeness (QED) is 0.493. The Morgan fingerprint density at radius 1 is 1.25 bits per heavy atom. The van der Waals surface area contributed by atoms with Gasteiger partial charge in [-0.25, -0.2) is 0 Å². The third-order valence-corrected chi connectivity index (χ3v) is 2.58. The first-order valence-corrected chi connectivity index (χ1v) is 5.31. The summed E-state index contributed by atoms with van der Waals surface area (Å²) in [5.41, 5.74) is 1.43. The molecule has 0 heterocycles. The smallest absolute Gasteiger partial charge is 0.0110 e. The highest BCUT2D eigenvalue weighted by Crippen LogP contribution is 2.06. The molecule has 12 heavy (non-hydrogen) atoms. The molecule has 1 rings (SSSR count). The molecule has 64 valence electrons. The predicted octanol–water partition coefficient (Wildman–Crippen LogP) is 3.15. The van der Waals surface area contributed by atoms with E-state index in [1.54, 1.807) is 0 Å². The summed E-state index contributed by atoms with van der Waals surface area (Å²) in [5, 5.41) is 0. The van der Waals surface area contributed by atoms with Crippen molar-refractivity contribution in [1.29, 1.82) is 0 Å². The van der Waals surface area contributed by atoms with Gasteiger partial charge in [-0.3, -0.25) is 0 Å². The fraction of sp³-hybridized carbons (Fsp3) is 0.273. The van der Waals surface area contributed by atoms with Crippen molar-refractivity contribution < 1.29 is 0 Å². The molecule has 0 aliphatic carbocycles. The van der Waals surface area contributed by atoms with Crippen LogP contribution in [-0.4, -0.2) is 11.5 Å². The zero-order valence-electron chi connectivity index (χ0n) is 7.20. The Morgan fingerprint density at radius 2 is 2.00 bits per heavy atom. The molecule has 1 heteroatoms. The molecule has 0 amide bonds. The highest BCUT2D eigenvalue weighted by Gasteiger charge is 1.89. The van der Waals surface area contributed by atoms with Crippen LogP contribution in [0, 0.1) is 0 Å². The molecular formula is C11H14S. The van der Waals surface area contributed by atoms with Gasteiger partial charge in [0.15, 0.2) is 0 Å². The molecule has 0 aliphatic heterocycles. The third kappa shape index (κ3) is 3.63. The Bertz CT molecular complexity index is 216. The Hall–Kier alpha value is -0.690. The summed E-state index contributed by atoms with van der Waals surface area (Å²) in [6.45, 7) is 3.68. The summed E-state index contributed by atoms with van der Waals surface area (Å²) in [7, 11) is 0. The standard InChI is InChI=1S/C11H14S/c1-2-9-12-10-8-11-6-4-3-5-7-11/h2-7H,1,8-10H2. The van der Waals surface area contributed by atoms with Crippen LogP contribution in [0.5, 0.6) is 0 Å². The molecule has 0 bridgehead atoms. The maximum Gasteiger partial charge on any atom is 0.0110 e. The van der Waals surface area contributed by atoms with E-state index in [9.17, 15) is 0 Å². The number of hydrogen-bond acceptors (Lipinski definition) is 1. The van der Waals surface area contributed by atoms with Gasteiger partial charge in [-0.2, -0.15) is 11.8 Å². The van der Waals surface area contributed by atoms with Crippen molar-refractivity contribution in [2.75, 3.05) is 11.5 Å². The maximum absolute atomic E-state index is 3.68. The van der Waals surface area contributed by atoms with E-state index >= 15 is 0 Å². The number of benzene rings is 1. The Morgan fingerprint density at radius 3 is 2.67 bits per heavy atom. The summed E-state index contributed by atoms with van der Waals surface area (Å²) in [4.78, 5) is 0. The average Bonchev–Trinajstić information content (AvgIpc) is 2.14. The fourth-order valence-corrected chi connectivity index (χ4v) is 1.71. The summed E-state index contributed by atoms with van der Waals surface area (Å²) in [6, 6.07) is 10.6. The van der Waals surface area contributed by atoms with Gasteiger partial charge in [0, 0.05) is 5.75 Å². The van der Waals surface area contributed by atoms with Crippen molar-refractivity contribution in [2.24, 2.45) is 0 Å². The second-order valence-electron chi connectivity index (χ2n) is 2.60. The summed E-state index contributed by atoms with van der Waals surface area (Å²) in [6.07, 6.45) is 3.12. The normalized spacial score (nSPS) is 9.67. The number of hydrogen-bond donors (Lipinski definition) is 0. The molecule has 0 spiro atoms. The molecule has 0 saturated heterocycles. The zero-order chi connectivity index (χ0) is 8.65. The third-order valence-electron chi connectivity index (χ3n) is 1.61. The van der Waals surface area contributed by atoms with Gasteiger partial charge in [0.2, 0.25) is 0 Å². The van der Waals surface area contributed by atoms with Crippen molar-refractivity contribution in [3.63, 3.8) is 0 Å². The molecule has 0 N–H and O–H groups in total. The lowest BCUT2D eigenvalue weighted by molar-refractivity contribution is 1.16. The van der Waals surface area contributed by atoms with Crippen LogP contribution >= 0.6 is 11.8 Å². The molecular weight excluding hydrogens is 164 g/mol. The number of rotatable bonds is 5. The van der Waals surface area contributed by atoms with E-state index in [1.165, 1.54) is 17.7 Å². The number of aryl methyl sites for hydroxylation is 1. The molecule has 0 radical (unpaired) electrons. The highest BCUT2D eigenvalue weighted by atomic mass is 32.2. The molecule has 1 aromatic rings. The largest absolute Gasteiger partial charge is 0.158 e. The van der Waals surface area contributed by atoms with Crippen molar-refractivity contribution in [3.8, 4) is 0 Å². The van der Waals surface area contributed by atoms with Gasteiger partial charge in [-0.1, -0.05) is 36.4 Å². The van der Waals surface area contributed by atoms with Crippen LogP contribution in [0.2, 0.25) is 0 Å². The second kappa shape index (κ2) is 5.90. The molecule has 0 aromatic heterocycles. The highest BCUT2D eigenvalue weighted by molar-refractivity contribution is 7.99. The van der Waals surface area contributed by atoms with Gasteiger partial charge in [-0.15, -0.1) is 6.58 Å². The lowest BCUT2D eigenvalue weighted by Gasteiger charge is -1.98. The van der Waals surface area contributed by atoms with E-state index in [4.69, 9.17) is 0 Å². The van der Waals surface area contributed by atoms with Crippen LogP contribution in [0.1, 0.15) is 5.56 Å². The van der Waals surface area contributed by atoms with E-state index in [-0.39, 0.29) is 0 Å². The minimum absolute atomic E-state index is 1.06. The maximum atomic E-state index is 3.68. The van der Waals surface area contributed by atoms with Gasteiger partial charge in [0.25, 0.3) is 0 Å². The Balaban J connectivity index is 2.20. The molecule has 0 unspecified atom stereocenters. The van der Waals surface area contributed by atoms with E-state index in [0.29, 0.717) is 0 Å². The minimum atomic E-state index is 1.06. The van der Waals surface area contributed by atoms with Crippen LogP contribution < -0.4 is 0 Å². The van der Waals surface area contributed by atoms with E-state index in [2.05, 4.69) is 36.9 Å². The first-order chi connectivity index (χ1) is 5.93. The van der Waals surface area contributed by atoms with Crippen molar-refractivity contribution in [3.05, 3.63) is 48.6 Å². The predicted molar refractivity (Wildman–Crippen MR) is 57.7 cm³/mol. The first-order valence-electron chi connectivity index (χ1n) is 4.16. The van der Waals surface area contributed by atoms with Gasteiger partial charge < -0.3 is 0 Å². The van der Waals surface area contributed by atoms with Crippen molar-refractivity contribution in [2.45, 2.75) is 6.42 Å². The SMILES string of the molecule is C=CCSCCc1ccccc1. The van der Waals surface area contributed by atoms with Crippen LogP contribution in [0.4, 0.5) is 0 Å². The molecule has 0 nitrogen and oxygen atoms in total. The topological polar surface area (TPSA) is 0 Å². The van der Waals surface area contributed by atoms with Crippen LogP contribution in [0.25, 0.3) is 0 Å². The fourth-order valence-electron chi connectivity index (χ4n) is 1.00. The summed E-state index contributed by atoms with van der Waals surface area (Å²) >= 11 is 1.93. The van der Waals surface area contributed by atoms with E-state index in [1.807, 2.05) is 17.8 Å². The van der Waals surface area contributed by atoms with Gasteiger partial charge >= 0.3 is 0 Å². The lowest BCUT2D eigenvalue weighted by Crippen LogP contribution is -1.87. The minimum Gasteiger partial charge on any atom is -0.158 e. The van der Waals surface area contributed by atoms with E-state index < -0.39 is 0 Å². The monoisotopic (exact) mass is 178 g/mol. The second-order valence-corrected chi connectivity index (χ2v) is 3.75. The molecule has 0 atom stereocenters. The lowest BCUT2D eigenvalue weighted by atomic mass is 10.2. The van der Waals surface area contributed by atoms with Crippen molar-refractivity contribution >= 4 is 11.8 Å². The molecule has 0 aliphatic rings. The number of thioether (sulfide) groups is 1. The molecule has 0 saturated carbocycles. The van der Waals surface area contributed by atoms with Crippen LogP contribution in [0.3, 0.4) is 0 Å². The van der Waals surface area contributed by atoms with Crippen molar-refractivity contribution in [1.82, 2.24) is 0 Å². The van der Waals surface area contributed by atoms with E-state index in [0.717, 1.165) is 5.75 Å². The Labute approximate surface area is 78.7 Å². The molecule has 0 fully saturated rings. The first kappa shape index (κ1) is 9.40. The van der Waals surface area contributed by atoms with Crippen LogP contribution in [0.15, 0.2) is 43.0 Å². The average molecular weight is 178 g/mol.